The number of aliphatic carboxylic acids is 2. The summed E-state index contributed by atoms with van der Waals surface area (Å²) in [5.41, 5.74) is 2.91. The van der Waals surface area contributed by atoms with Crippen molar-refractivity contribution >= 4 is 44.5 Å². The van der Waals surface area contributed by atoms with Gasteiger partial charge in [0, 0.05) is 6.54 Å². The van der Waals surface area contributed by atoms with Gasteiger partial charge in [-0.1, -0.05) is 25.2 Å². The van der Waals surface area contributed by atoms with Crippen LogP contribution in [-0.4, -0.2) is 45.6 Å². The molecule has 0 aliphatic carbocycles. The van der Waals surface area contributed by atoms with Crippen LogP contribution in [0.1, 0.15) is 31.4 Å². The smallest absolute Gasteiger partial charge is 0.320 e. The molecule has 0 aliphatic heterocycles. The summed E-state index contributed by atoms with van der Waals surface area (Å²) in [4.78, 5) is 39.6. The number of hydrogen-bond acceptors (Lipinski definition) is 6. The fraction of sp³-hybridized carbons (Fsp3) is 0.474. The fourth-order valence-corrected chi connectivity index (χ4v) is 3.67. The Balaban J connectivity index is 2.10. The minimum atomic E-state index is -1.43. The molecule has 2 rings (SSSR count). The van der Waals surface area contributed by atoms with E-state index >= 15 is 0 Å². The van der Waals surface area contributed by atoms with Crippen molar-refractivity contribution in [3.8, 4) is 0 Å². The van der Waals surface area contributed by atoms with Crippen molar-refractivity contribution in [2.45, 2.75) is 40.2 Å². The van der Waals surface area contributed by atoms with Crippen molar-refractivity contribution in [3.63, 3.8) is 0 Å². The van der Waals surface area contributed by atoms with Gasteiger partial charge in [0.2, 0.25) is 5.91 Å². The van der Waals surface area contributed by atoms with Crippen LogP contribution < -0.4 is 10.6 Å². The van der Waals surface area contributed by atoms with Crippen molar-refractivity contribution < 1.29 is 24.6 Å². The summed E-state index contributed by atoms with van der Waals surface area (Å²) in [6.07, 6.45) is 0.333. The monoisotopic (exact) mass is 407 g/mol. The number of anilines is 1. The third-order valence-corrected chi connectivity index (χ3v) is 5.36. The fourth-order valence-electron chi connectivity index (χ4n) is 2.72. The van der Waals surface area contributed by atoms with E-state index in [0.717, 1.165) is 21.3 Å². The summed E-state index contributed by atoms with van der Waals surface area (Å²) in [6.45, 7) is 7.41. The number of fused-ring (bicyclic) bond motifs is 1. The largest absolute Gasteiger partial charge is 0.481 e. The number of benzene rings is 1. The SMILES string of the molecule is Cc1cc2nc(NC(=O)C(CNC(CC(C)C)C(=O)O)C(=O)O)sc2cc1C. The molecule has 0 spiro atoms. The van der Waals surface area contributed by atoms with Gasteiger partial charge in [0.25, 0.3) is 0 Å². The maximum atomic E-state index is 12.5. The van der Waals surface area contributed by atoms with Crippen molar-refractivity contribution in [2.75, 3.05) is 11.9 Å². The van der Waals surface area contributed by atoms with Gasteiger partial charge in [-0.15, -0.1) is 0 Å². The van der Waals surface area contributed by atoms with Gasteiger partial charge in [-0.25, -0.2) is 4.98 Å². The topological polar surface area (TPSA) is 129 Å². The number of hydrogen-bond donors (Lipinski definition) is 4. The van der Waals surface area contributed by atoms with Crippen LogP contribution in [-0.2, 0) is 14.4 Å². The first-order valence-corrected chi connectivity index (χ1v) is 9.77. The molecule has 2 atom stereocenters. The normalized spacial score (nSPS) is 13.5. The molecule has 2 aromatic rings. The number of carbonyl (C=O) groups excluding carboxylic acids is 1. The molecule has 1 aromatic heterocycles. The van der Waals surface area contributed by atoms with Gasteiger partial charge < -0.3 is 20.8 Å². The Labute approximate surface area is 167 Å². The second-order valence-corrected chi connectivity index (χ2v) is 8.26. The number of nitrogens with zero attached hydrogens (tertiary/aromatic N) is 1. The second kappa shape index (κ2) is 9.11. The maximum absolute atomic E-state index is 12.5. The lowest BCUT2D eigenvalue weighted by Gasteiger charge is -2.19. The van der Waals surface area contributed by atoms with E-state index in [-0.39, 0.29) is 12.5 Å². The Hall–Kier alpha value is -2.52. The van der Waals surface area contributed by atoms with Gasteiger partial charge in [0.05, 0.1) is 10.2 Å². The molecule has 0 bridgehead atoms. The van der Waals surface area contributed by atoms with Crippen LogP contribution in [0.4, 0.5) is 5.13 Å². The van der Waals surface area contributed by atoms with Crippen LogP contribution in [0.25, 0.3) is 10.2 Å². The molecule has 28 heavy (non-hydrogen) atoms. The van der Waals surface area contributed by atoms with Crippen molar-refractivity contribution in [2.24, 2.45) is 11.8 Å². The Morgan fingerprint density at radius 2 is 1.75 bits per heavy atom. The van der Waals surface area contributed by atoms with Crippen molar-refractivity contribution in [1.82, 2.24) is 10.3 Å². The summed E-state index contributed by atoms with van der Waals surface area (Å²) >= 11 is 1.26. The second-order valence-electron chi connectivity index (χ2n) is 7.23. The zero-order valence-electron chi connectivity index (χ0n) is 16.3. The van der Waals surface area contributed by atoms with Gasteiger partial charge in [0.1, 0.15) is 12.0 Å². The molecule has 0 aliphatic rings. The Morgan fingerprint density at radius 1 is 1.11 bits per heavy atom. The molecule has 152 valence electrons. The predicted octanol–water partition coefficient (Wildman–Crippen LogP) is 2.64. The Morgan fingerprint density at radius 3 is 2.32 bits per heavy atom. The first-order chi connectivity index (χ1) is 13.1. The van der Waals surface area contributed by atoms with E-state index in [9.17, 15) is 24.6 Å². The Kier molecular flexibility index (Phi) is 7.09. The summed E-state index contributed by atoms with van der Waals surface area (Å²) < 4.78 is 0.895. The summed E-state index contributed by atoms with van der Waals surface area (Å²) in [7, 11) is 0. The third kappa shape index (κ3) is 5.49. The average Bonchev–Trinajstić information content (AvgIpc) is 2.94. The van der Waals surface area contributed by atoms with Gasteiger partial charge in [-0.3, -0.25) is 14.4 Å². The molecular formula is C19H25N3O5S. The molecule has 0 fully saturated rings. The zero-order valence-corrected chi connectivity index (χ0v) is 17.1. The number of carboxylic acids is 2. The van der Waals surface area contributed by atoms with Crippen LogP contribution >= 0.6 is 11.3 Å². The number of thiazole rings is 1. The van der Waals surface area contributed by atoms with Crippen LogP contribution in [0.15, 0.2) is 12.1 Å². The number of carboxylic acid groups (broad SMARTS) is 2. The lowest BCUT2D eigenvalue weighted by molar-refractivity contribution is -0.146. The van der Waals surface area contributed by atoms with E-state index in [1.807, 2.05) is 39.8 Å². The van der Waals surface area contributed by atoms with Gasteiger partial charge >= 0.3 is 11.9 Å². The van der Waals surface area contributed by atoms with Crippen LogP contribution in [0, 0.1) is 25.7 Å². The van der Waals surface area contributed by atoms with Crippen LogP contribution in [0.5, 0.6) is 0 Å². The third-order valence-electron chi connectivity index (χ3n) is 4.42. The van der Waals surface area contributed by atoms with E-state index in [0.29, 0.717) is 11.6 Å². The molecule has 1 aromatic carbocycles. The molecule has 1 heterocycles. The highest BCUT2D eigenvalue weighted by atomic mass is 32.1. The molecule has 2 unspecified atom stereocenters. The summed E-state index contributed by atoms with van der Waals surface area (Å²) in [5.74, 6) is -4.45. The molecule has 0 saturated carbocycles. The van der Waals surface area contributed by atoms with Gasteiger partial charge in [-0.05, 0) is 49.4 Å². The number of carbonyl (C=O) groups is 3. The number of amides is 1. The van der Waals surface area contributed by atoms with Crippen LogP contribution in [0.2, 0.25) is 0 Å². The first kappa shape index (κ1) is 21.8. The van der Waals surface area contributed by atoms with Gasteiger partial charge in [-0.2, -0.15) is 0 Å². The standard InChI is InChI=1S/C19H25N3O5S/c1-9(2)5-14(18(26)27)20-8-12(17(24)25)16(23)22-19-21-13-6-10(3)11(4)7-15(13)28-19/h6-7,9,12,14,20H,5,8H2,1-4H3,(H,24,25)(H,26,27)(H,21,22,23). The van der Waals surface area contributed by atoms with Crippen molar-refractivity contribution in [1.29, 1.82) is 0 Å². The summed E-state index contributed by atoms with van der Waals surface area (Å²) in [6, 6.07) is 2.97. The average molecular weight is 407 g/mol. The highest BCUT2D eigenvalue weighted by Crippen LogP contribution is 2.28. The molecule has 9 heteroatoms. The van der Waals surface area contributed by atoms with E-state index in [1.165, 1.54) is 11.3 Å². The van der Waals surface area contributed by atoms with E-state index in [4.69, 9.17) is 0 Å². The molecule has 4 N–H and O–H groups in total. The lowest BCUT2D eigenvalue weighted by Crippen LogP contribution is -2.45. The van der Waals surface area contributed by atoms with Crippen molar-refractivity contribution in [3.05, 3.63) is 23.3 Å². The molecule has 1 amide bonds. The number of rotatable bonds is 9. The van der Waals surface area contributed by atoms with E-state index in [1.54, 1.807) is 0 Å². The predicted molar refractivity (Wildman–Crippen MR) is 108 cm³/mol. The highest BCUT2D eigenvalue weighted by Gasteiger charge is 2.29. The first-order valence-electron chi connectivity index (χ1n) is 8.96. The number of nitrogens with one attached hydrogen (secondary N) is 2. The highest BCUT2D eigenvalue weighted by molar-refractivity contribution is 7.22. The minimum Gasteiger partial charge on any atom is -0.481 e. The van der Waals surface area contributed by atoms with Gasteiger partial charge in [0.15, 0.2) is 5.13 Å². The number of aryl methyl sites for hydroxylation is 2. The Bertz CT molecular complexity index is 854. The summed E-state index contributed by atoms with van der Waals surface area (Å²) in [5, 5.41) is 24.2. The lowest BCUT2D eigenvalue weighted by atomic mass is 10.0. The maximum Gasteiger partial charge on any atom is 0.320 e. The molecule has 0 saturated heterocycles. The zero-order chi connectivity index (χ0) is 21.0. The van der Waals surface area contributed by atoms with Crippen LogP contribution in [0.3, 0.4) is 0 Å². The molecule has 0 radical (unpaired) electrons. The minimum absolute atomic E-state index is 0.111. The molecule has 8 nitrogen and oxygen atoms in total. The van der Waals surface area contributed by atoms with E-state index < -0.39 is 29.8 Å². The van der Waals surface area contributed by atoms with E-state index in [2.05, 4.69) is 15.6 Å². The molecular weight excluding hydrogens is 382 g/mol. The number of aromatic nitrogens is 1. The quantitative estimate of drug-likeness (QED) is 0.470.